The Hall–Kier alpha value is -3.44. The van der Waals surface area contributed by atoms with E-state index in [9.17, 15) is 18.0 Å². The Morgan fingerprint density at radius 1 is 1.16 bits per heavy atom. The first-order valence-corrected chi connectivity index (χ1v) is 12.7. The summed E-state index contributed by atoms with van der Waals surface area (Å²) in [5, 5.41) is 6.16. The molecule has 0 amide bonds. The third-order valence-electron chi connectivity index (χ3n) is 5.61. The van der Waals surface area contributed by atoms with E-state index >= 15 is 0 Å². The number of nitrogens with zero attached hydrogens (tertiary/aromatic N) is 3. The number of rotatable bonds is 9. The zero-order chi connectivity index (χ0) is 27.4. The number of alkyl halides is 3. The predicted octanol–water partition coefficient (Wildman–Crippen LogP) is 6.51. The Bertz CT molecular complexity index is 1360. The lowest BCUT2D eigenvalue weighted by molar-refractivity contribution is -0.146. The molecule has 38 heavy (non-hydrogen) atoms. The number of methoxy groups -OCH3 is 1. The summed E-state index contributed by atoms with van der Waals surface area (Å²) in [6.07, 6.45) is -2.10. The molecule has 1 aliphatic heterocycles. The minimum atomic E-state index is -4.81. The van der Waals surface area contributed by atoms with Crippen molar-refractivity contribution in [1.82, 2.24) is 14.8 Å². The average molecular weight is 566 g/mol. The molecule has 200 valence electrons. The topological polar surface area (TPSA) is 75.5 Å². The summed E-state index contributed by atoms with van der Waals surface area (Å²) in [5.41, 5.74) is 1.24. The first kappa shape index (κ1) is 27.6. The highest BCUT2D eigenvalue weighted by atomic mass is 35.5. The zero-order valence-electron chi connectivity index (χ0n) is 20.2. The molecular formula is C26H23ClF3N3O4S. The van der Waals surface area contributed by atoms with Gasteiger partial charge in [0.2, 0.25) is 5.82 Å². The van der Waals surface area contributed by atoms with E-state index in [1.165, 1.54) is 37.1 Å². The van der Waals surface area contributed by atoms with Gasteiger partial charge in [-0.05, 0) is 29.8 Å². The highest BCUT2D eigenvalue weighted by Gasteiger charge is 2.43. The van der Waals surface area contributed by atoms with Crippen LogP contribution in [0.1, 0.15) is 39.7 Å². The number of carbonyl (C=O) groups excluding carboxylic acids is 1. The van der Waals surface area contributed by atoms with Crippen molar-refractivity contribution < 1.29 is 32.2 Å². The minimum absolute atomic E-state index is 0.0363. The van der Waals surface area contributed by atoms with Crippen LogP contribution in [-0.4, -0.2) is 41.1 Å². The summed E-state index contributed by atoms with van der Waals surface area (Å²) in [6, 6.07) is 9.81. The van der Waals surface area contributed by atoms with Crippen LogP contribution in [0.15, 0.2) is 61.7 Å². The van der Waals surface area contributed by atoms with Crippen LogP contribution in [0.5, 0.6) is 11.5 Å². The molecule has 0 bridgehead atoms. The second kappa shape index (κ2) is 11.5. The predicted molar refractivity (Wildman–Crippen MR) is 138 cm³/mol. The van der Waals surface area contributed by atoms with Crippen LogP contribution in [0.2, 0.25) is 5.02 Å². The first-order valence-electron chi connectivity index (χ1n) is 11.3. The number of para-hydroxylation sites is 1. The Morgan fingerprint density at radius 2 is 1.92 bits per heavy atom. The van der Waals surface area contributed by atoms with Crippen molar-refractivity contribution >= 4 is 29.3 Å². The molecule has 0 spiro atoms. The molecule has 4 rings (SSSR count). The Kier molecular flexibility index (Phi) is 8.37. The van der Waals surface area contributed by atoms with E-state index in [0.29, 0.717) is 27.6 Å². The van der Waals surface area contributed by atoms with E-state index in [-0.39, 0.29) is 31.1 Å². The lowest BCUT2D eigenvalue weighted by atomic mass is 10.0. The van der Waals surface area contributed by atoms with Crippen LogP contribution in [0.4, 0.5) is 13.2 Å². The van der Waals surface area contributed by atoms with E-state index < -0.39 is 28.5 Å². The van der Waals surface area contributed by atoms with E-state index in [2.05, 4.69) is 23.4 Å². The molecule has 3 aromatic rings. The lowest BCUT2D eigenvalue weighted by Crippen LogP contribution is -2.17. The molecule has 1 aromatic heterocycles. The Balaban J connectivity index is 1.97. The molecule has 0 aliphatic carbocycles. The van der Waals surface area contributed by atoms with Gasteiger partial charge in [-0.1, -0.05) is 49.0 Å². The normalized spacial score (nSPS) is 16.6. The summed E-state index contributed by atoms with van der Waals surface area (Å²) in [7, 11) is 1.49. The number of hydrogen-bond acceptors (Lipinski definition) is 7. The maximum atomic E-state index is 14.1. The number of fused-ring (bicyclic) bond motifs is 3. The van der Waals surface area contributed by atoms with Crippen LogP contribution in [0.25, 0.3) is 5.69 Å². The SMILES string of the molecule is C=CCOC(=O)CC1SC(c2cccc(OC)c2OCC=C)c2cc(Cl)ccc2-n2c1nnc2C(F)(F)F. The lowest BCUT2D eigenvalue weighted by Gasteiger charge is -2.24. The smallest absolute Gasteiger partial charge is 0.452 e. The Labute approximate surface area is 226 Å². The standard InChI is InChI=1S/C26H23ClF3N3O4S/c1-4-11-36-21(34)14-20-24-31-32-25(26(28,29)30)33(24)18-10-9-15(27)13-17(18)23(38-20)16-7-6-8-19(35-3)22(16)37-12-5-2/h4-10,13,20,23H,1-2,11-12,14H2,3H3. The van der Waals surface area contributed by atoms with Gasteiger partial charge < -0.3 is 14.2 Å². The van der Waals surface area contributed by atoms with Gasteiger partial charge in [0.25, 0.3) is 0 Å². The molecule has 12 heteroatoms. The van der Waals surface area contributed by atoms with Gasteiger partial charge in [-0.25, -0.2) is 0 Å². The molecule has 2 atom stereocenters. The largest absolute Gasteiger partial charge is 0.493 e. The number of carbonyl (C=O) groups is 1. The van der Waals surface area contributed by atoms with Crippen molar-refractivity contribution in [1.29, 1.82) is 0 Å². The summed E-state index contributed by atoms with van der Waals surface area (Å²) in [5.74, 6) is -1.06. The molecule has 0 saturated heterocycles. The van der Waals surface area contributed by atoms with Gasteiger partial charge >= 0.3 is 12.1 Å². The van der Waals surface area contributed by atoms with Crippen LogP contribution >= 0.6 is 23.4 Å². The summed E-state index contributed by atoms with van der Waals surface area (Å²) in [4.78, 5) is 12.6. The van der Waals surface area contributed by atoms with Gasteiger partial charge in [-0.3, -0.25) is 9.36 Å². The van der Waals surface area contributed by atoms with E-state index in [4.69, 9.17) is 25.8 Å². The molecule has 2 heterocycles. The third kappa shape index (κ3) is 5.53. The number of esters is 1. The van der Waals surface area contributed by atoms with E-state index in [1.807, 2.05) is 0 Å². The zero-order valence-corrected chi connectivity index (χ0v) is 21.8. The summed E-state index contributed by atoms with van der Waals surface area (Å²) in [6.45, 7) is 7.33. The number of ether oxygens (including phenoxy) is 3. The van der Waals surface area contributed by atoms with Crippen LogP contribution < -0.4 is 9.47 Å². The van der Waals surface area contributed by atoms with Crippen molar-refractivity contribution in [2.45, 2.75) is 23.1 Å². The number of halogens is 4. The van der Waals surface area contributed by atoms with Crippen LogP contribution in [0, 0.1) is 0 Å². The Morgan fingerprint density at radius 3 is 2.61 bits per heavy atom. The van der Waals surface area contributed by atoms with Crippen molar-refractivity contribution in [3.8, 4) is 17.2 Å². The van der Waals surface area contributed by atoms with Crippen LogP contribution in [0.3, 0.4) is 0 Å². The number of benzene rings is 2. The summed E-state index contributed by atoms with van der Waals surface area (Å²) < 4.78 is 59.8. The van der Waals surface area contributed by atoms with Gasteiger partial charge in [0.15, 0.2) is 17.3 Å². The van der Waals surface area contributed by atoms with Gasteiger partial charge in [-0.15, -0.1) is 22.0 Å². The maximum absolute atomic E-state index is 14.1. The van der Waals surface area contributed by atoms with Crippen molar-refractivity contribution in [2.24, 2.45) is 0 Å². The molecule has 1 aliphatic rings. The maximum Gasteiger partial charge on any atom is 0.452 e. The minimum Gasteiger partial charge on any atom is -0.493 e. The molecule has 2 aromatic carbocycles. The third-order valence-corrected chi connectivity index (χ3v) is 7.34. The fourth-order valence-corrected chi connectivity index (χ4v) is 5.79. The monoisotopic (exact) mass is 565 g/mol. The van der Waals surface area contributed by atoms with E-state index in [1.54, 1.807) is 30.3 Å². The molecule has 0 N–H and O–H groups in total. The molecule has 0 fully saturated rings. The van der Waals surface area contributed by atoms with Crippen molar-refractivity contribution in [3.05, 3.63) is 89.5 Å². The highest BCUT2D eigenvalue weighted by molar-refractivity contribution is 8.00. The number of hydrogen-bond donors (Lipinski definition) is 0. The van der Waals surface area contributed by atoms with Gasteiger partial charge in [0.05, 0.1) is 29.7 Å². The van der Waals surface area contributed by atoms with Gasteiger partial charge in [0.1, 0.15) is 13.2 Å². The van der Waals surface area contributed by atoms with Crippen molar-refractivity contribution in [3.63, 3.8) is 0 Å². The number of aromatic nitrogens is 3. The highest BCUT2D eigenvalue weighted by Crippen LogP contribution is 2.54. The molecule has 2 unspecified atom stereocenters. The van der Waals surface area contributed by atoms with Crippen molar-refractivity contribution in [2.75, 3.05) is 20.3 Å². The first-order chi connectivity index (χ1) is 18.2. The molecule has 0 radical (unpaired) electrons. The van der Waals surface area contributed by atoms with Crippen LogP contribution in [-0.2, 0) is 15.7 Å². The molecule has 7 nitrogen and oxygen atoms in total. The summed E-state index contributed by atoms with van der Waals surface area (Å²) >= 11 is 7.56. The molecule has 0 saturated carbocycles. The van der Waals surface area contributed by atoms with E-state index in [0.717, 1.165) is 4.57 Å². The fraction of sp³-hybridized carbons (Fsp3) is 0.269. The average Bonchev–Trinajstić information content (AvgIpc) is 3.29. The fourth-order valence-electron chi connectivity index (χ4n) is 4.10. The second-order valence-corrected chi connectivity index (χ2v) is 9.83. The van der Waals surface area contributed by atoms with Gasteiger partial charge in [0, 0.05) is 10.6 Å². The number of thioether (sulfide) groups is 1. The molecular weight excluding hydrogens is 543 g/mol. The van der Waals surface area contributed by atoms with Gasteiger partial charge in [-0.2, -0.15) is 13.2 Å². The quantitative estimate of drug-likeness (QED) is 0.216. The second-order valence-electron chi connectivity index (χ2n) is 8.08.